The lowest BCUT2D eigenvalue weighted by Gasteiger charge is -2.05. The standard InChI is InChI=1S/C14H18O5/c1-3-13(18-5-1)11-16-9-7-15-8-10-17-12-14-4-2-6-19-14/h1-6H,7-12H2. The predicted molar refractivity (Wildman–Crippen MR) is 67.5 cm³/mol. The Balaban J connectivity index is 1.36. The van der Waals surface area contributed by atoms with E-state index >= 15 is 0 Å². The SMILES string of the molecule is c1coc(COCCOCCOCc2ccco2)c1. The van der Waals surface area contributed by atoms with Crippen molar-refractivity contribution in [2.45, 2.75) is 13.2 Å². The number of hydrogen-bond acceptors (Lipinski definition) is 5. The molecule has 0 bridgehead atoms. The summed E-state index contributed by atoms with van der Waals surface area (Å²) in [6.45, 7) is 3.13. The van der Waals surface area contributed by atoms with Crippen LogP contribution >= 0.6 is 0 Å². The van der Waals surface area contributed by atoms with Crippen molar-refractivity contribution in [3.8, 4) is 0 Å². The first kappa shape index (κ1) is 13.9. The molecule has 2 aromatic rings. The normalized spacial score (nSPS) is 10.9. The average molecular weight is 266 g/mol. The van der Waals surface area contributed by atoms with Crippen LogP contribution in [-0.4, -0.2) is 26.4 Å². The van der Waals surface area contributed by atoms with Crippen molar-refractivity contribution in [1.29, 1.82) is 0 Å². The summed E-state index contributed by atoms with van der Waals surface area (Å²) in [5, 5.41) is 0. The molecule has 0 N–H and O–H groups in total. The fourth-order valence-electron chi connectivity index (χ4n) is 1.47. The van der Waals surface area contributed by atoms with E-state index in [0.717, 1.165) is 11.5 Å². The van der Waals surface area contributed by atoms with Crippen LogP contribution in [-0.2, 0) is 27.4 Å². The van der Waals surface area contributed by atoms with Gasteiger partial charge >= 0.3 is 0 Å². The summed E-state index contributed by atoms with van der Waals surface area (Å²) >= 11 is 0. The molecule has 0 atom stereocenters. The van der Waals surface area contributed by atoms with Crippen LogP contribution < -0.4 is 0 Å². The summed E-state index contributed by atoms with van der Waals surface area (Å²) in [6, 6.07) is 7.43. The van der Waals surface area contributed by atoms with E-state index in [1.165, 1.54) is 0 Å². The Kier molecular flexibility index (Phi) is 6.22. The summed E-state index contributed by atoms with van der Waals surface area (Å²) < 4.78 is 26.4. The third kappa shape index (κ3) is 5.74. The molecule has 5 nitrogen and oxygen atoms in total. The summed E-state index contributed by atoms with van der Waals surface area (Å²) in [7, 11) is 0. The van der Waals surface area contributed by atoms with Gasteiger partial charge in [-0.25, -0.2) is 0 Å². The van der Waals surface area contributed by atoms with E-state index in [0.29, 0.717) is 39.6 Å². The topological polar surface area (TPSA) is 54.0 Å². The minimum atomic E-state index is 0.478. The van der Waals surface area contributed by atoms with Crippen molar-refractivity contribution in [3.63, 3.8) is 0 Å². The van der Waals surface area contributed by atoms with Crippen molar-refractivity contribution in [1.82, 2.24) is 0 Å². The second-order valence-corrected chi connectivity index (χ2v) is 3.88. The molecule has 104 valence electrons. The van der Waals surface area contributed by atoms with Gasteiger partial charge in [0.05, 0.1) is 39.0 Å². The Hall–Kier alpha value is -1.56. The molecule has 0 aliphatic rings. The Bertz CT molecular complexity index is 367. The first-order valence-electron chi connectivity index (χ1n) is 6.23. The third-order valence-corrected chi connectivity index (χ3v) is 2.39. The van der Waals surface area contributed by atoms with Gasteiger partial charge in [-0.3, -0.25) is 0 Å². The molecule has 0 aliphatic heterocycles. The van der Waals surface area contributed by atoms with Gasteiger partial charge in [0.2, 0.25) is 0 Å². The molecule has 0 saturated heterocycles. The zero-order valence-corrected chi connectivity index (χ0v) is 10.7. The van der Waals surface area contributed by atoms with Crippen molar-refractivity contribution in [2.75, 3.05) is 26.4 Å². The molecular formula is C14H18O5. The number of furan rings is 2. The molecule has 0 unspecified atom stereocenters. The lowest BCUT2D eigenvalue weighted by molar-refractivity contribution is 0.00185. The third-order valence-electron chi connectivity index (χ3n) is 2.39. The van der Waals surface area contributed by atoms with Crippen LogP contribution in [0.4, 0.5) is 0 Å². The number of hydrogen-bond donors (Lipinski definition) is 0. The first-order chi connectivity index (χ1) is 9.45. The molecule has 2 aromatic heterocycles. The van der Waals surface area contributed by atoms with Gasteiger partial charge in [0, 0.05) is 0 Å². The minimum Gasteiger partial charge on any atom is -0.467 e. The van der Waals surface area contributed by atoms with Crippen LogP contribution in [0.2, 0.25) is 0 Å². The molecule has 5 heteroatoms. The Labute approximate surface area is 112 Å². The van der Waals surface area contributed by atoms with E-state index in [-0.39, 0.29) is 0 Å². The number of ether oxygens (including phenoxy) is 3. The van der Waals surface area contributed by atoms with E-state index in [4.69, 9.17) is 23.0 Å². The van der Waals surface area contributed by atoms with Crippen molar-refractivity contribution < 1.29 is 23.0 Å². The second-order valence-electron chi connectivity index (χ2n) is 3.88. The van der Waals surface area contributed by atoms with Crippen LogP contribution in [0.15, 0.2) is 45.6 Å². The molecule has 2 heterocycles. The maximum Gasteiger partial charge on any atom is 0.129 e. The molecular weight excluding hydrogens is 248 g/mol. The Morgan fingerprint density at radius 1 is 0.684 bits per heavy atom. The molecule has 0 aromatic carbocycles. The zero-order valence-electron chi connectivity index (χ0n) is 10.7. The van der Waals surface area contributed by atoms with E-state index in [1.54, 1.807) is 12.5 Å². The molecule has 0 radical (unpaired) electrons. The summed E-state index contributed by atoms with van der Waals surface area (Å²) in [4.78, 5) is 0. The van der Waals surface area contributed by atoms with Crippen LogP contribution in [0.5, 0.6) is 0 Å². The highest BCUT2D eigenvalue weighted by Gasteiger charge is 1.97. The molecule has 0 spiro atoms. The van der Waals surface area contributed by atoms with E-state index in [2.05, 4.69) is 0 Å². The fraction of sp³-hybridized carbons (Fsp3) is 0.429. The van der Waals surface area contributed by atoms with E-state index in [9.17, 15) is 0 Å². The lowest BCUT2D eigenvalue weighted by atomic mass is 10.5. The first-order valence-corrected chi connectivity index (χ1v) is 6.23. The lowest BCUT2D eigenvalue weighted by Crippen LogP contribution is -2.09. The smallest absolute Gasteiger partial charge is 0.129 e. The van der Waals surface area contributed by atoms with Gasteiger partial charge in [-0.1, -0.05) is 0 Å². The van der Waals surface area contributed by atoms with Gasteiger partial charge < -0.3 is 23.0 Å². The largest absolute Gasteiger partial charge is 0.467 e. The highest BCUT2D eigenvalue weighted by atomic mass is 16.5. The highest BCUT2D eigenvalue weighted by Crippen LogP contribution is 2.02. The maximum atomic E-state index is 5.37. The minimum absolute atomic E-state index is 0.478. The van der Waals surface area contributed by atoms with Crippen LogP contribution in [0.25, 0.3) is 0 Å². The predicted octanol–water partition coefficient (Wildman–Crippen LogP) is 2.62. The quantitative estimate of drug-likeness (QED) is 0.619. The van der Waals surface area contributed by atoms with Gasteiger partial charge in [-0.05, 0) is 24.3 Å². The fourth-order valence-corrected chi connectivity index (χ4v) is 1.47. The molecule has 2 rings (SSSR count). The monoisotopic (exact) mass is 266 g/mol. The van der Waals surface area contributed by atoms with E-state index in [1.807, 2.05) is 24.3 Å². The van der Waals surface area contributed by atoms with Gasteiger partial charge in [0.15, 0.2) is 0 Å². The summed E-state index contributed by atoms with van der Waals surface area (Å²) in [5.74, 6) is 1.64. The van der Waals surface area contributed by atoms with Crippen molar-refractivity contribution in [2.24, 2.45) is 0 Å². The highest BCUT2D eigenvalue weighted by molar-refractivity contribution is 4.96. The van der Waals surface area contributed by atoms with Crippen molar-refractivity contribution in [3.05, 3.63) is 48.3 Å². The average Bonchev–Trinajstić information content (AvgIpc) is 3.10. The summed E-state index contributed by atoms with van der Waals surface area (Å²) in [6.07, 6.45) is 3.26. The van der Waals surface area contributed by atoms with Gasteiger partial charge in [0.1, 0.15) is 24.7 Å². The summed E-state index contributed by atoms with van der Waals surface area (Å²) in [5.41, 5.74) is 0. The Morgan fingerprint density at radius 2 is 1.16 bits per heavy atom. The molecule has 0 fully saturated rings. The van der Waals surface area contributed by atoms with Crippen LogP contribution in [0.1, 0.15) is 11.5 Å². The van der Waals surface area contributed by atoms with Gasteiger partial charge in [-0.15, -0.1) is 0 Å². The number of rotatable bonds is 10. The molecule has 0 aliphatic carbocycles. The Morgan fingerprint density at radius 3 is 1.58 bits per heavy atom. The molecule has 0 saturated carbocycles. The molecule has 0 amide bonds. The van der Waals surface area contributed by atoms with Gasteiger partial charge in [0.25, 0.3) is 0 Å². The van der Waals surface area contributed by atoms with Crippen LogP contribution in [0.3, 0.4) is 0 Å². The molecule has 19 heavy (non-hydrogen) atoms. The zero-order chi connectivity index (χ0) is 13.2. The van der Waals surface area contributed by atoms with Gasteiger partial charge in [-0.2, -0.15) is 0 Å². The second kappa shape index (κ2) is 8.53. The van der Waals surface area contributed by atoms with Crippen LogP contribution in [0, 0.1) is 0 Å². The van der Waals surface area contributed by atoms with Crippen molar-refractivity contribution >= 4 is 0 Å². The van der Waals surface area contributed by atoms with E-state index < -0.39 is 0 Å². The maximum absolute atomic E-state index is 5.37.